The van der Waals surface area contributed by atoms with Crippen LogP contribution in [0.5, 0.6) is 0 Å². The van der Waals surface area contributed by atoms with Crippen molar-refractivity contribution in [1.82, 2.24) is 15.3 Å². The molecule has 2 fully saturated rings. The average Bonchev–Trinajstić information content (AvgIpc) is 2.96. The number of nitrogens with one attached hydrogen (secondary N) is 1. The van der Waals surface area contributed by atoms with E-state index in [2.05, 4.69) is 0 Å². The maximum atomic E-state index is 14.1. The number of ether oxygens (including phenoxy) is 1. The largest absolute Gasteiger partial charge is 0.464 e. The van der Waals surface area contributed by atoms with E-state index in [1.54, 1.807) is 31.4 Å². The molecule has 238 valence electrons. The molecule has 1 saturated heterocycles. The lowest BCUT2D eigenvalue weighted by molar-refractivity contribution is -0.185. The number of carbonyl (C=O) groups is 2. The van der Waals surface area contributed by atoms with Gasteiger partial charge in [0.2, 0.25) is 0 Å². The lowest BCUT2D eigenvalue weighted by atomic mass is 9.74. The smallest absolute Gasteiger partial charge is 0.426 e. The minimum Gasteiger partial charge on any atom is -0.464 e. The summed E-state index contributed by atoms with van der Waals surface area (Å²) in [6.45, 7) is 0.797. The summed E-state index contributed by atoms with van der Waals surface area (Å²) < 4.78 is 47.4. The highest BCUT2D eigenvalue weighted by Crippen LogP contribution is 2.40. The first-order valence-corrected chi connectivity index (χ1v) is 15.4. The number of amides is 3. The molecule has 3 rings (SSSR count). The number of carbonyl (C=O) groups excluding carboxylic acids is 1. The molecular weight excluding hydrogens is 575 g/mol. The minimum absolute atomic E-state index is 0.0146. The van der Waals surface area contributed by atoms with Gasteiger partial charge in [0.1, 0.15) is 0 Å². The molecule has 2 unspecified atom stereocenters. The molecule has 1 saturated carbocycles. The lowest BCUT2D eigenvalue weighted by Gasteiger charge is -2.43. The molecule has 1 aromatic rings. The van der Waals surface area contributed by atoms with E-state index < -0.39 is 42.3 Å². The van der Waals surface area contributed by atoms with Crippen LogP contribution >= 0.6 is 11.6 Å². The van der Waals surface area contributed by atoms with Crippen LogP contribution < -0.4 is 5.43 Å². The first-order valence-electron chi connectivity index (χ1n) is 15.1. The van der Waals surface area contributed by atoms with Crippen molar-refractivity contribution in [2.24, 2.45) is 11.8 Å². The number of nitrogens with zero attached hydrogens (tertiary/aromatic N) is 2. The summed E-state index contributed by atoms with van der Waals surface area (Å²) in [5, 5.41) is 22.2. The van der Waals surface area contributed by atoms with E-state index in [1.165, 1.54) is 4.90 Å². The summed E-state index contributed by atoms with van der Waals surface area (Å²) in [6, 6.07) is 3.60. The number of aliphatic hydroxyl groups is 1. The lowest BCUT2D eigenvalue weighted by Crippen LogP contribution is -2.60. The van der Waals surface area contributed by atoms with Gasteiger partial charge in [0.05, 0.1) is 5.60 Å². The standard InChI is InChI=1S/C30H45ClF3N3O5/c1-42-19-6-5-17-29(41,23-13-8-15-25(31)20-23)24-14-9-18-36(21-24)27(38)35-37(28(39)40)26(30(32,33)34)16-7-12-22-10-3-2-4-11-22/h8,13,15,20,22,24,26,41H,2-7,9-12,14,16-19,21H2,1H3,(H,35,38)(H,39,40)/t24?,26?,29-/m1/s1. The normalized spacial score (nSPS) is 20.5. The Morgan fingerprint density at radius 2 is 1.88 bits per heavy atom. The number of rotatable bonds is 12. The Morgan fingerprint density at radius 3 is 2.52 bits per heavy atom. The van der Waals surface area contributed by atoms with Crippen LogP contribution in [0, 0.1) is 11.8 Å². The van der Waals surface area contributed by atoms with E-state index in [0.717, 1.165) is 32.1 Å². The molecule has 3 atom stereocenters. The first kappa shape index (κ1) is 34.3. The summed E-state index contributed by atoms with van der Waals surface area (Å²) >= 11 is 6.23. The maximum absolute atomic E-state index is 14.1. The summed E-state index contributed by atoms with van der Waals surface area (Å²) in [5.74, 6) is -0.0799. The van der Waals surface area contributed by atoms with Gasteiger partial charge >= 0.3 is 18.3 Å². The van der Waals surface area contributed by atoms with Crippen LogP contribution in [0.2, 0.25) is 5.02 Å². The average molecular weight is 620 g/mol. The molecule has 1 heterocycles. The summed E-state index contributed by atoms with van der Waals surface area (Å²) in [5.41, 5.74) is 1.29. The molecule has 1 aromatic carbocycles. The van der Waals surface area contributed by atoms with Crippen molar-refractivity contribution >= 4 is 23.7 Å². The Morgan fingerprint density at radius 1 is 1.14 bits per heavy atom. The monoisotopic (exact) mass is 619 g/mol. The second-order valence-electron chi connectivity index (χ2n) is 11.7. The summed E-state index contributed by atoms with van der Waals surface area (Å²) in [6.07, 6.45) is 1.73. The van der Waals surface area contributed by atoms with Gasteiger partial charge in [-0.2, -0.15) is 13.2 Å². The van der Waals surface area contributed by atoms with Crippen LogP contribution in [-0.2, 0) is 10.3 Å². The Bertz CT molecular complexity index is 1010. The number of carboxylic acid groups (broad SMARTS) is 1. The van der Waals surface area contributed by atoms with Gasteiger partial charge in [-0.25, -0.2) is 20.0 Å². The number of alkyl halides is 3. The van der Waals surface area contributed by atoms with Gasteiger partial charge in [-0.1, -0.05) is 68.7 Å². The van der Waals surface area contributed by atoms with Crippen LogP contribution in [-0.4, -0.2) is 71.3 Å². The van der Waals surface area contributed by atoms with Crippen molar-refractivity contribution in [2.45, 2.75) is 101 Å². The number of likely N-dealkylation sites (tertiary alicyclic amines) is 1. The minimum atomic E-state index is -4.85. The van der Waals surface area contributed by atoms with Crippen molar-refractivity contribution < 1.29 is 37.7 Å². The number of piperidine rings is 1. The Labute approximate surface area is 251 Å². The number of hydrogen-bond donors (Lipinski definition) is 3. The van der Waals surface area contributed by atoms with E-state index in [0.29, 0.717) is 61.6 Å². The zero-order valence-electron chi connectivity index (χ0n) is 24.4. The molecule has 0 radical (unpaired) electrons. The molecule has 42 heavy (non-hydrogen) atoms. The number of hydrazine groups is 1. The van der Waals surface area contributed by atoms with Gasteiger partial charge < -0.3 is 19.8 Å². The van der Waals surface area contributed by atoms with Crippen molar-refractivity contribution in [3.8, 4) is 0 Å². The van der Waals surface area contributed by atoms with E-state index >= 15 is 0 Å². The molecule has 8 nitrogen and oxygen atoms in total. The maximum Gasteiger partial charge on any atom is 0.426 e. The molecular formula is C30H45ClF3N3O5. The molecule has 2 aliphatic rings. The number of urea groups is 1. The fourth-order valence-electron chi connectivity index (χ4n) is 6.48. The number of benzene rings is 1. The predicted molar refractivity (Wildman–Crippen MR) is 154 cm³/mol. The van der Waals surface area contributed by atoms with Gasteiger partial charge in [-0.15, -0.1) is 0 Å². The highest BCUT2D eigenvalue weighted by Gasteiger charge is 2.47. The SMILES string of the molecule is COCCCC[C@@](O)(c1cccc(Cl)c1)C1CCCN(C(=O)NN(C(=O)O)C(CCCC2CCCCC2)C(F)(F)F)C1. The highest BCUT2D eigenvalue weighted by atomic mass is 35.5. The predicted octanol–water partition coefficient (Wildman–Crippen LogP) is 7.34. The van der Waals surface area contributed by atoms with Crippen molar-refractivity contribution in [3.63, 3.8) is 0 Å². The third kappa shape index (κ3) is 9.64. The third-order valence-corrected chi connectivity index (χ3v) is 9.03. The van der Waals surface area contributed by atoms with Gasteiger partial charge in [0.15, 0.2) is 6.04 Å². The first-order chi connectivity index (χ1) is 20.0. The van der Waals surface area contributed by atoms with Crippen LogP contribution in [0.3, 0.4) is 0 Å². The van der Waals surface area contributed by atoms with Crippen LogP contribution in [0.25, 0.3) is 0 Å². The second kappa shape index (κ2) is 16.0. The van der Waals surface area contributed by atoms with Gasteiger partial charge in [0, 0.05) is 37.7 Å². The number of unbranched alkanes of at least 4 members (excludes halogenated alkanes) is 1. The zero-order chi connectivity index (χ0) is 30.8. The number of methoxy groups -OCH3 is 1. The Kier molecular flexibility index (Phi) is 13.1. The zero-order valence-corrected chi connectivity index (χ0v) is 25.1. The van der Waals surface area contributed by atoms with E-state index in [1.807, 2.05) is 5.43 Å². The molecule has 1 aliphatic heterocycles. The van der Waals surface area contributed by atoms with E-state index in [9.17, 15) is 33.0 Å². The van der Waals surface area contributed by atoms with Gasteiger partial charge in [-0.05, 0) is 62.1 Å². The second-order valence-corrected chi connectivity index (χ2v) is 12.2. The molecule has 0 bridgehead atoms. The van der Waals surface area contributed by atoms with Crippen LogP contribution in [0.4, 0.5) is 22.8 Å². The summed E-state index contributed by atoms with van der Waals surface area (Å²) in [4.78, 5) is 26.6. The molecule has 1 aliphatic carbocycles. The van der Waals surface area contributed by atoms with E-state index in [-0.39, 0.29) is 24.5 Å². The van der Waals surface area contributed by atoms with Crippen molar-refractivity contribution in [2.75, 3.05) is 26.8 Å². The third-order valence-electron chi connectivity index (χ3n) is 8.79. The fourth-order valence-corrected chi connectivity index (χ4v) is 6.67. The molecule has 3 amide bonds. The molecule has 3 N–H and O–H groups in total. The fraction of sp³-hybridized carbons (Fsp3) is 0.733. The highest BCUT2D eigenvalue weighted by molar-refractivity contribution is 6.30. The van der Waals surface area contributed by atoms with E-state index in [4.69, 9.17) is 16.3 Å². The van der Waals surface area contributed by atoms with Crippen LogP contribution in [0.1, 0.15) is 89.0 Å². The van der Waals surface area contributed by atoms with Gasteiger partial charge in [0.25, 0.3) is 0 Å². The van der Waals surface area contributed by atoms with Crippen molar-refractivity contribution in [3.05, 3.63) is 34.9 Å². The van der Waals surface area contributed by atoms with Gasteiger partial charge in [-0.3, -0.25) is 0 Å². The van der Waals surface area contributed by atoms with Crippen molar-refractivity contribution in [1.29, 1.82) is 0 Å². The number of hydrogen-bond acceptors (Lipinski definition) is 4. The molecule has 0 spiro atoms. The Hall–Kier alpha value is -2.24. The topological polar surface area (TPSA) is 102 Å². The quantitative estimate of drug-likeness (QED) is 0.168. The number of halogens is 4. The molecule has 12 heteroatoms. The molecule has 0 aromatic heterocycles. The summed E-state index contributed by atoms with van der Waals surface area (Å²) in [7, 11) is 1.60. The van der Waals surface area contributed by atoms with Crippen LogP contribution in [0.15, 0.2) is 24.3 Å². The Balaban J connectivity index is 1.72.